The molecule has 1 atom stereocenters. The molecule has 0 saturated heterocycles. The van der Waals surface area contributed by atoms with Crippen LogP contribution in [0.5, 0.6) is 11.5 Å². The molecule has 0 aliphatic carbocycles. The molecular formula is C22H19ClN2O4. The van der Waals surface area contributed by atoms with Crippen LogP contribution in [0.15, 0.2) is 72.8 Å². The van der Waals surface area contributed by atoms with E-state index in [1.54, 1.807) is 24.3 Å². The first-order chi connectivity index (χ1) is 13.9. The predicted octanol–water partition coefficient (Wildman–Crippen LogP) is 4.90. The number of nitrogens with one attached hydrogen (secondary N) is 1. The van der Waals surface area contributed by atoms with Crippen molar-refractivity contribution in [3.63, 3.8) is 0 Å². The highest BCUT2D eigenvalue weighted by Crippen LogP contribution is 2.23. The van der Waals surface area contributed by atoms with Crippen molar-refractivity contribution in [2.45, 2.75) is 13.0 Å². The zero-order valence-corrected chi connectivity index (χ0v) is 16.3. The van der Waals surface area contributed by atoms with Crippen LogP contribution in [0.2, 0.25) is 5.02 Å². The van der Waals surface area contributed by atoms with Gasteiger partial charge < -0.3 is 20.5 Å². The summed E-state index contributed by atoms with van der Waals surface area (Å²) in [5.41, 5.74) is 6.65. The second-order valence-corrected chi connectivity index (χ2v) is 6.64. The highest BCUT2D eigenvalue weighted by Gasteiger charge is 2.20. The lowest BCUT2D eigenvalue weighted by atomic mass is 10.2. The molecule has 0 saturated carbocycles. The van der Waals surface area contributed by atoms with Gasteiger partial charge in [-0.1, -0.05) is 29.8 Å². The summed E-state index contributed by atoms with van der Waals surface area (Å²) < 4.78 is 10.9. The molecule has 3 aromatic carbocycles. The van der Waals surface area contributed by atoms with Crippen molar-refractivity contribution in [2.24, 2.45) is 0 Å². The van der Waals surface area contributed by atoms with Gasteiger partial charge in [-0.25, -0.2) is 4.79 Å². The largest absolute Gasteiger partial charge is 0.457 e. The second-order valence-electron chi connectivity index (χ2n) is 6.21. The molecule has 7 heteroatoms. The number of benzene rings is 3. The summed E-state index contributed by atoms with van der Waals surface area (Å²) in [5, 5.41) is 3.10. The van der Waals surface area contributed by atoms with E-state index in [0.29, 0.717) is 22.2 Å². The van der Waals surface area contributed by atoms with Gasteiger partial charge in [-0.05, 0) is 61.5 Å². The molecule has 3 N–H and O–H groups in total. The van der Waals surface area contributed by atoms with Crippen LogP contribution in [-0.2, 0) is 9.53 Å². The lowest BCUT2D eigenvalue weighted by Gasteiger charge is -2.14. The van der Waals surface area contributed by atoms with Gasteiger partial charge in [0.2, 0.25) is 0 Å². The summed E-state index contributed by atoms with van der Waals surface area (Å²) in [6.07, 6.45) is -1.02. The molecule has 0 aliphatic rings. The number of nitrogen functional groups attached to an aromatic ring is 1. The number of para-hydroxylation sites is 1. The number of carbonyl (C=O) groups excluding carboxylic acids is 2. The van der Waals surface area contributed by atoms with Gasteiger partial charge in [-0.3, -0.25) is 4.79 Å². The lowest BCUT2D eigenvalue weighted by Crippen LogP contribution is -2.30. The van der Waals surface area contributed by atoms with Crippen molar-refractivity contribution in [2.75, 3.05) is 11.1 Å². The average molecular weight is 411 g/mol. The topological polar surface area (TPSA) is 90.7 Å². The molecule has 6 nitrogen and oxygen atoms in total. The SMILES string of the molecule is C[C@@H](OC(=O)c1ccc(Cl)cc1N)C(=O)Nc1ccc(Oc2ccccc2)cc1. The molecule has 0 unspecified atom stereocenters. The third-order valence-electron chi connectivity index (χ3n) is 3.99. The van der Waals surface area contributed by atoms with Crippen LogP contribution >= 0.6 is 11.6 Å². The molecule has 0 aromatic heterocycles. The summed E-state index contributed by atoms with van der Waals surface area (Å²) in [6, 6.07) is 20.6. The van der Waals surface area contributed by atoms with Gasteiger partial charge in [0.25, 0.3) is 5.91 Å². The van der Waals surface area contributed by atoms with E-state index in [0.717, 1.165) is 0 Å². The average Bonchev–Trinajstić information content (AvgIpc) is 2.70. The third-order valence-corrected chi connectivity index (χ3v) is 4.22. The molecule has 0 aliphatic heterocycles. The zero-order valence-electron chi connectivity index (χ0n) is 15.6. The Labute approximate surface area is 173 Å². The van der Waals surface area contributed by atoms with Crippen LogP contribution in [0.1, 0.15) is 17.3 Å². The first-order valence-corrected chi connectivity index (χ1v) is 9.20. The Balaban J connectivity index is 1.57. The maximum Gasteiger partial charge on any atom is 0.341 e. The minimum absolute atomic E-state index is 0.150. The lowest BCUT2D eigenvalue weighted by molar-refractivity contribution is -0.123. The minimum Gasteiger partial charge on any atom is -0.457 e. The Bertz CT molecular complexity index is 1010. The maximum absolute atomic E-state index is 12.3. The molecule has 1 amide bonds. The van der Waals surface area contributed by atoms with Crippen molar-refractivity contribution in [3.8, 4) is 11.5 Å². The number of amides is 1. The van der Waals surface area contributed by atoms with E-state index in [4.69, 9.17) is 26.8 Å². The van der Waals surface area contributed by atoms with Crippen LogP contribution in [0, 0.1) is 0 Å². The molecule has 148 valence electrons. The van der Waals surface area contributed by atoms with Gasteiger partial charge in [0.15, 0.2) is 6.10 Å². The summed E-state index contributed by atoms with van der Waals surface area (Å²) in [7, 11) is 0. The fraction of sp³-hybridized carbons (Fsp3) is 0.0909. The van der Waals surface area contributed by atoms with Crippen molar-refractivity contribution in [3.05, 3.63) is 83.4 Å². The number of rotatable bonds is 6. The number of halogens is 1. The molecule has 3 rings (SSSR count). The van der Waals surface area contributed by atoms with Crippen LogP contribution in [-0.4, -0.2) is 18.0 Å². The van der Waals surface area contributed by atoms with Crippen molar-refractivity contribution < 1.29 is 19.1 Å². The van der Waals surface area contributed by atoms with E-state index < -0.39 is 18.0 Å². The monoisotopic (exact) mass is 410 g/mol. The van der Waals surface area contributed by atoms with Gasteiger partial charge in [0, 0.05) is 16.4 Å². The van der Waals surface area contributed by atoms with E-state index >= 15 is 0 Å². The van der Waals surface area contributed by atoms with E-state index in [1.165, 1.54) is 25.1 Å². The molecular weight excluding hydrogens is 392 g/mol. The van der Waals surface area contributed by atoms with Crippen LogP contribution in [0.4, 0.5) is 11.4 Å². The summed E-state index contributed by atoms with van der Waals surface area (Å²) >= 11 is 5.82. The van der Waals surface area contributed by atoms with Crippen LogP contribution in [0.25, 0.3) is 0 Å². The van der Waals surface area contributed by atoms with E-state index in [1.807, 2.05) is 30.3 Å². The fourth-order valence-electron chi connectivity index (χ4n) is 2.47. The van der Waals surface area contributed by atoms with E-state index in [2.05, 4.69) is 5.32 Å². The zero-order chi connectivity index (χ0) is 20.8. The standard InChI is InChI=1S/C22H19ClN2O4/c1-14(28-22(27)19-12-7-15(23)13-20(19)24)21(26)25-16-8-10-18(11-9-16)29-17-5-3-2-4-6-17/h2-14H,24H2,1H3,(H,25,26)/t14-/m1/s1. The fourth-order valence-corrected chi connectivity index (χ4v) is 2.65. The number of nitrogens with two attached hydrogens (primary N) is 1. The molecule has 0 fully saturated rings. The van der Waals surface area contributed by atoms with E-state index in [-0.39, 0.29) is 11.3 Å². The number of anilines is 2. The molecule has 0 heterocycles. The Morgan fingerprint density at radius 3 is 2.28 bits per heavy atom. The van der Waals surface area contributed by atoms with Gasteiger partial charge in [0.05, 0.1) is 5.56 Å². The molecule has 3 aromatic rings. The highest BCUT2D eigenvalue weighted by atomic mass is 35.5. The third kappa shape index (κ3) is 5.49. The smallest absolute Gasteiger partial charge is 0.341 e. The maximum atomic E-state index is 12.3. The molecule has 0 bridgehead atoms. The van der Waals surface area contributed by atoms with Gasteiger partial charge >= 0.3 is 5.97 Å². The van der Waals surface area contributed by atoms with Gasteiger partial charge in [-0.2, -0.15) is 0 Å². The summed E-state index contributed by atoms with van der Waals surface area (Å²) in [4.78, 5) is 24.5. The minimum atomic E-state index is -1.02. The van der Waals surface area contributed by atoms with Crippen molar-refractivity contribution >= 4 is 34.9 Å². The first-order valence-electron chi connectivity index (χ1n) is 8.82. The Kier molecular flexibility index (Phi) is 6.36. The second kappa shape index (κ2) is 9.12. The number of carbonyl (C=O) groups is 2. The Morgan fingerprint density at radius 1 is 0.966 bits per heavy atom. The highest BCUT2D eigenvalue weighted by molar-refractivity contribution is 6.31. The van der Waals surface area contributed by atoms with Gasteiger partial charge in [0.1, 0.15) is 11.5 Å². The number of hydrogen-bond donors (Lipinski definition) is 2. The Morgan fingerprint density at radius 2 is 1.62 bits per heavy atom. The summed E-state index contributed by atoms with van der Waals surface area (Å²) in [6.45, 7) is 1.48. The first kappa shape index (κ1) is 20.2. The number of ether oxygens (including phenoxy) is 2. The number of hydrogen-bond acceptors (Lipinski definition) is 5. The Hall–Kier alpha value is -3.51. The van der Waals surface area contributed by atoms with Crippen molar-refractivity contribution in [1.82, 2.24) is 0 Å². The number of esters is 1. The molecule has 0 spiro atoms. The molecule has 29 heavy (non-hydrogen) atoms. The van der Waals surface area contributed by atoms with Gasteiger partial charge in [-0.15, -0.1) is 0 Å². The van der Waals surface area contributed by atoms with Crippen molar-refractivity contribution in [1.29, 1.82) is 0 Å². The van der Waals surface area contributed by atoms with E-state index in [9.17, 15) is 9.59 Å². The summed E-state index contributed by atoms with van der Waals surface area (Å²) in [5.74, 6) is 0.175. The normalized spacial score (nSPS) is 11.4. The van der Waals surface area contributed by atoms with Crippen LogP contribution in [0.3, 0.4) is 0 Å². The quantitative estimate of drug-likeness (QED) is 0.445. The van der Waals surface area contributed by atoms with Crippen LogP contribution < -0.4 is 15.8 Å². The molecule has 0 radical (unpaired) electrons. The predicted molar refractivity (Wildman–Crippen MR) is 112 cm³/mol.